The molecule has 0 spiro atoms. The third-order valence-corrected chi connectivity index (χ3v) is 5.42. The first-order valence-electron chi connectivity index (χ1n) is 12.4. The molecule has 1 aliphatic rings. The van der Waals surface area contributed by atoms with Gasteiger partial charge in [-0.15, -0.1) is 0 Å². The summed E-state index contributed by atoms with van der Waals surface area (Å²) in [5, 5.41) is 0. The Kier molecular flexibility index (Phi) is 11.1. The quantitative estimate of drug-likeness (QED) is 0.179. The molecule has 0 aromatic carbocycles. The van der Waals surface area contributed by atoms with E-state index >= 15 is 0 Å². The summed E-state index contributed by atoms with van der Waals surface area (Å²) in [6.07, 6.45) is 3.34. The van der Waals surface area contributed by atoms with Crippen molar-refractivity contribution in [2.45, 2.75) is 119 Å². The molecule has 1 saturated carbocycles. The average Bonchev–Trinajstić information content (AvgIpc) is 2.65. The first kappa shape index (κ1) is 30.5. The van der Waals surface area contributed by atoms with E-state index in [0.29, 0.717) is 0 Å². The maximum atomic E-state index is 11.9. The summed E-state index contributed by atoms with van der Waals surface area (Å²) in [4.78, 5) is 44.1. The van der Waals surface area contributed by atoms with E-state index in [1.165, 1.54) is 0 Å². The maximum absolute atomic E-state index is 11.9. The lowest BCUT2D eigenvalue weighted by atomic mass is 9.83. The van der Waals surface area contributed by atoms with Crippen molar-refractivity contribution in [1.29, 1.82) is 0 Å². The Morgan fingerprint density at radius 1 is 0.588 bits per heavy atom. The monoisotopic (exact) mass is 488 g/mol. The van der Waals surface area contributed by atoms with Gasteiger partial charge in [-0.05, 0) is 88.9 Å². The number of carbonyl (C=O) groups is 2. The van der Waals surface area contributed by atoms with E-state index in [4.69, 9.17) is 29.0 Å². The van der Waals surface area contributed by atoms with Gasteiger partial charge in [0, 0.05) is 0 Å². The lowest BCUT2D eigenvalue weighted by Crippen LogP contribution is -2.32. The first-order chi connectivity index (χ1) is 15.4. The fourth-order valence-electron chi connectivity index (χ4n) is 4.89. The highest BCUT2D eigenvalue weighted by atomic mass is 17.2. The first-order valence-corrected chi connectivity index (χ1v) is 12.4. The van der Waals surface area contributed by atoms with Crippen LogP contribution in [0.2, 0.25) is 0 Å². The molecule has 0 aliphatic heterocycles. The second kappa shape index (κ2) is 12.4. The van der Waals surface area contributed by atoms with Crippen LogP contribution in [0.25, 0.3) is 0 Å². The van der Waals surface area contributed by atoms with Crippen LogP contribution in [0.5, 0.6) is 0 Å². The summed E-state index contributed by atoms with van der Waals surface area (Å²) >= 11 is 0. The zero-order valence-electron chi connectivity index (χ0n) is 23.1. The summed E-state index contributed by atoms with van der Waals surface area (Å²) in [5.41, 5.74) is -1.09. The molecule has 8 heteroatoms. The van der Waals surface area contributed by atoms with Crippen molar-refractivity contribution < 1.29 is 38.6 Å². The predicted molar refractivity (Wildman–Crippen MR) is 129 cm³/mol. The fourth-order valence-corrected chi connectivity index (χ4v) is 4.89. The van der Waals surface area contributed by atoms with Gasteiger partial charge in [0.1, 0.15) is 11.2 Å². The van der Waals surface area contributed by atoms with E-state index in [0.717, 1.165) is 38.5 Å². The van der Waals surface area contributed by atoms with Gasteiger partial charge in [-0.2, -0.15) is 9.78 Å². The minimum Gasteiger partial charge on any atom is -0.432 e. The molecule has 0 amide bonds. The Labute approximate surface area is 206 Å². The van der Waals surface area contributed by atoms with Crippen LogP contribution in [0, 0.1) is 22.7 Å². The minimum atomic E-state index is -0.815. The number of hydrogen-bond acceptors (Lipinski definition) is 8. The molecular formula is C26H48O8. The zero-order chi connectivity index (χ0) is 26.2. The van der Waals surface area contributed by atoms with E-state index in [1.54, 1.807) is 0 Å². The van der Waals surface area contributed by atoms with Gasteiger partial charge in [0.25, 0.3) is 0 Å². The summed E-state index contributed by atoms with van der Waals surface area (Å²) in [6.45, 7) is 20.7. The average molecular weight is 489 g/mol. The Hall–Kier alpha value is -1.54. The Balaban J connectivity index is 2.21. The van der Waals surface area contributed by atoms with Crippen LogP contribution in [0.15, 0.2) is 0 Å². The topological polar surface area (TPSA) is 89.5 Å². The van der Waals surface area contributed by atoms with E-state index < -0.39 is 23.5 Å². The van der Waals surface area contributed by atoms with Crippen LogP contribution in [-0.2, 0) is 29.0 Å². The summed E-state index contributed by atoms with van der Waals surface area (Å²) < 4.78 is 10.5. The van der Waals surface area contributed by atoms with E-state index in [9.17, 15) is 9.59 Å². The normalized spacial score (nSPS) is 19.9. The molecule has 0 unspecified atom stereocenters. The highest BCUT2D eigenvalue weighted by Crippen LogP contribution is 2.32. The molecule has 200 valence electrons. The molecule has 1 fully saturated rings. The molecule has 34 heavy (non-hydrogen) atoms. The van der Waals surface area contributed by atoms with Crippen LogP contribution in [-0.4, -0.2) is 36.7 Å². The molecule has 0 aromatic rings. The lowest BCUT2D eigenvalue weighted by molar-refractivity contribution is -0.323. The predicted octanol–water partition coefficient (Wildman–Crippen LogP) is 7.39. The van der Waals surface area contributed by atoms with Crippen LogP contribution >= 0.6 is 0 Å². The number of rotatable bonds is 10. The minimum absolute atomic E-state index is 0.0473. The van der Waals surface area contributed by atoms with Crippen molar-refractivity contribution in [3.63, 3.8) is 0 Å². The molecule has 0 atom stereocenters. The van der Waals surface area contributed by atoms with Gasteiger partial charge in [-0.1, -0.05) is 41.5 Å². The molecule has 0 heterocycles. The smallest absolute Gasteiger partial charge is 0.432 e. The fraction of sp³-hybridized carbons (Fsp3) is 0.923. The van der Waals surface area contributed by atoms with Crippen molar-refractivity contribution >= 4 is 12.3 Å². The molecule has 1 rings (SSSR count). The van der Waals surface area contributed by atoms with Crippen LogP contribution in [0.3, 0.4) is 0 Å². The molecule has 0 aromatic heterocycles. The van der Waals surface area contributed by atoms with Gasteiger partial charge in [-0.25, -0.2) is 9.59 Å². The molecule has 0 radical (unpaired) electrons. The Bertz CT molecular complexity index is 578. The highest BCUT2D eigenvalue weighted by Gasteiger charge is 2.31. The van der Waals surface area contributed by atoms with E-state index in [-0.39, 0.29) is 35.9 Å². The maximum Gasteiger partial charge on any atom is 0.540 e. The summed E-state index contributed by atoms with van der Waals surface area (Å²) in [6, 6.07) is 0. The lowest BCUT2D eigenvalue weighted by Gasteiger charge is -2.30. The second-order valence-corrected chi connectivity index (χ2v) is 13.3. The third-order valence-electron chi connectivity index (χ3n) is 5.42. The summed E-state index contributed by atoms with van der Waals surface area (Å²) in [5.74, 6) is 0.500. The van der Waals surface area contributed by atoms with Gasteiger partial charge in [0.15, 0.2) is 0 Å². The van der Waals surface area contributed by atoms with Gasteiger partial charge in [0.05, 0.1) is 13.2 Å². The Morgan fingerprint density at radius 2 is 0.882 bits per heavy atom. The largest absolute Gasteiger partial charge is 0.540 e. The van der Waals surface area contributed by atoms with E-state index in [1.807, 2.05) is 27.7 Å². The molecular weight excluding hydrogens is 440 g/mol. The van der Waals surface area contributed by atoms with Crippen LogP contribution < -0.4 is 0 Å². The van der Waals surface area contributed by atoms with Crippen molar-refractivity contribution in [3.05, 3.63) is 0 Å². The summed E-state index contributed by atoms with van der Waals surface area (Å²) in [7, 11) is 0. The van der Waals surface area contributed by atoms with Crippen LogP contribution in [0.4, 0.5) is 9.59 Å². The van der Waals surface area contributed by atoms with Gasteiger partial charge in [-0.3, -0.25) is 9.78 Å². The molecule has 0 bridgehead atoms. The van der Waals surface area contributed by atoms with Crippen molar-refractivity contribution in [2.24, 2.45) is 22.7 Å². The standard InChI is InChI=1S/C26H48O8/c1-23(2,3)17-25(7,8)33-31-21(27)29-15-19-11-13-20(14-12-19)16-30-22(28)32-34-26(9,10)18-24(4,5)6/h19-20H,11-18H2,1-10H3. The molecule has 1 aliphatic carbocycles. The number of hydrogen-bond donors (Lipinski definition) is 0. The third kappa shape index (κ3) is 14.7. The van der Waals surface area contributed by atoms with Crippen molar-refractivity contribution in [1.82, 2.24) is 0 Å². The van der Waals surface area contributed by atoms with Gasteiger partial charge >= 0.3 is 12.3 Å². The van der Waals surface area contributed by atoms with E-state index in [2.05, 4.69) is 41.5 Å². The molecule has 8 nitrogen and oxygen atoms in total. The van der Waals surface area contributed by atoms with Gasteiger partial charge in [0.2, 0.25) is 0 Å². The Morgan fingerprint density at radius 3 is 1.15 bits per heavy atom. The SMILES string of the molecule is CC(C)(C)CC(C)(C)OOC(=O)OCC1CCC(COC(=O)OOC(C)(C)CC(C)(C)C)CC1. The molecule has 0 saturated heterocycles. The van der Waals surface area contributed by atoms with Crippen LogP contribution in [0.1, 0.15) is 108 Å². The molecule has 0 N–H and O–H groups in total. The second-order valence-electron chi connectivity index (χ2n) is 13.3. The number of carbonyl (C=O) groups excluding carboxylic acids is 2. The highest BCUT2D eigenvalue weighted by molar-refractivity contribution is 5.59. The zero-order valence-corrected chi connectivity index (χ0v) is 23.1. The number of ether oxygens (including phenoxy) is 2. The van der Waals surface area contributed by atoms with Crippen molar-refractivity contribution in [2.75, 3.05) is 13.2 Å². The van der Waals surface area contributed by atoms with Gasteiger partial charge < -0.3 is 9.47 Å². The van der Waals surface area contributed by atoms with Crippen molar-refractivity contribution in [3.8, 4) is 0 Å².